The highest BCUT2D eigenvalue weighted by Crippen LogP contribution is 2.22. The molecule has 0 amide bonds. The van der Waals surface area contributed by atoms with Crippen LogP contribution >= 0.6 is 0 Å². The summed E-state index contributed by atoms with van der Waals surface area (Å²) in [5.41, 5.74) is 3.57. The molecule has 0 N–H and O–H groups in total. The van der Waals surface area contributed by atoms with Gasteiger partial charge in [0.25, 0.3) is 0 Å². The van der Waals surface area contributed by atoms with E-state index in [4.69, 9.17) is 9.47 Å². The molecular weight excluding hydrogens is 264 g/mol. The second kappa shape index (κ2) is 7.48. The third-order valence-electron chi connectivity index (χ3n) is 3.12. The van der Waals surface area contributed by atoms with Crippen LogP contribution in [0.4, 0.5) is 0 Å². The van der Waals surface area contributed by atoms with Gasteiger partial charge < -0.3 is 9.47 Å². The van der Waals surface area contributed by atoms with Crippen LogP contribution in [-0.4, -0.2) is 19.2 Å². The summed E-state index contributed by atoms with van der Waals surface area (Å²) < 4.78 is 10.4. The highest BCUT2D eigenvalue weighted by atomic mass is 16.5. The number of benzene rings is 2. The van der Waals surface area contributed by atoms with E-state index >= 15 is 0 Å². The van der Waals surface area contributed by atoms with E-state index in [0.29, 0.717) is 13.2 Å². The first-order chi connectivity index (χ1) is 10.2. The van der Waals surface area contributed by atoms with E-state index in [-0.39, 0.29) is 12.4 Å². The van der Waals surface area contributed by atoms with E-state index < -0.39 is 0 Å². The summed E-state index contributed by atoms with van der Waals surface area (Å²) >= 11 is 0. The minimum atomic E-state index is -0.228. The van der Waals surface area contributed by atoms with Gasteiger partial charge in [-0.1, -0.05) is 42.0 Å². The fourth-order valence-electron chi connectivity index (χ4n) is 1.97. The SMILES string of the molecule is CCOC(=O)CCOc1ccc(-c2ccc(C)cc2)cc1. The monoisotopic (exact) mass is 284 g/mol. The molecule has 21 heavy (non-hydrogen) atoms. The van der Waals surface area contributed by atoms with Crippen molar-refractivity contribution in [2.45, 2.75) is 20.3 Å². The smallest absolute Gasteiger partial charge is 0.309 e. The zero-order valence-corrected chi connectivity index (χ0v) is 12.5. The number of ether oxygens (including phenoxy) is 2. The molecule has 0 atom stereocenters. The Labute approximate surface area is 125 Å². The van der Waals surface area contributed by atoms with Crippen molar-refractivity contribution >= 4 is 5.97 Å². The first kappa shape index (κ1) is 15.1. The summed E-state index contributed by atoms with van der Waals surface area (Å²) in [5, 5.41) is 0. The van der Waals surface area contributed by atoms with E-state index in [9.17, 15) is 4.79 Å². The zero-order chi connectivity index (χ0) is 15.1. The summed E-state index contributed by atoms with van der Waals surface area (Å²) in [6.45, 7) is 4.61. The van der Waals surface area contributed by atoms with Crippen molar-refractivity contribution in [3.05, 3.63) is 54.1 Å². The molecule has 2 rings (SSSR count). The Morgan fingerprint density at radius 1 is 0.952 bits per heavy atom. The standard InChI is InChI=1S/C18H20O3/c1-3-20-18(19)12-13-21-17-10-8-16(9-11-17)15-6-4-14(2)5-7-15/h4-11H,3,12-13H2,1-2H3. The quantitative estimate of drug-likeness (QED) is 0.752. The van der Waals surface area contributed by atoms with Crippen LogP contribution in [0.5, 0.6) is 5.75 Å². The van der Waals surface area contributed by atoms with Gasteiger partial charge in [0.2, 0.25) is 0 Å². The fraction of sp³-hybridized carbons (Fsp3) is 0.278. The van der Waals surface area contributed by atoms with Gasteiger partial charge in [0.15, 0.2) is 0 Å². The van der Waals surface area contributed by atoms with Gasteiger partial charge in [0, 0.05) is 0 Å². The van der Waals surface area contributed by atoms with Crippen LogP contribution in [0.1, 0.15) is 18.9 Å². The van der Waals surface area contributed by atoms with Crippen molar-refractivity contribution in [2.75, 3.05) is 13.2 Å². The minimum absolute atomic E-state index is 0.228. The van der Waals surface area contributed by atoms with Gasteiger partial charge >= 0.3 is 5.97 Å². The fourth-order valence-corrected chi connectivity index (χ4v) is 1.97. The maximum absolute atomic E-state index is 11.2. The third-order valence-corrected chi connectivity index (χ3v) is 3.12. The number of carbonyl (C=O) groups is 1. The van der Waals surface area contributed by atoms with Gasteiger partial charge in [-0.25, -0.2) is 0 Å². The lowest BCUT2D eigenvalue weighted by molar-refractivity contribution is -0.143. The summed E-state index contributed by atoms with van der Waals surface area (Å²) in [4.78, 5) is 11.2. The van der Waals surface area contributed by atoms with Crippen molar-refractivity contribution in [1.29, 1.82) is 0 Å². The Morgan fingerprint density at radius 2 is 1.52 bits per heavy atom. The Bertz CT molecular complexity index is 570. The first-order valence-corrected chi connectivity index (χ1v) is 7.14. The number of carbonyl (C=O) groups excluding carboxylic acids is 1. The van der Waals surface area contributed by atoms with Gasteiger partial charge in [0.05, 0.1) is 19.6 Å². The molecule has 0 aliphatic rings. The average Bonchev–Trinajstić information content (AvgIpc) is 2.49. The molecule has 0 bridgehead atoms. The third kappa shape index (κ3) is 4.63. The van der Waals surface area contributed by atoms with Gasteiger partial charge in [-0.3, -0.25) is 4.79 Å². The Morgan fingerprint density at radius 3 is 2.10 bits per heavy atom. The minimum Gasteiger partial charge on any atom is -0.493 e. The van der Waals surface area contributed by atoms with Gasteiger partial charge in [-0.15, -0.1) is 0 Å². The lowest BCUT2D eigenvalue weighted by atomic mass is 10.0. The molecule has 0 radical (unpaired) electrons. The predicted molar refractivity (Wildman–Crippen MR) is 83.4 cm³/mol. The van der Waals surface area contributed by atoms with Crippen molar-refractivity contribution in [2.24, 2.45) is 0 Å². The van der Waals surface area contributed by atoms with Crippen LogP contribution in [0, 0.1) is 6.92 Å². The van der Waals surface area contributed by atoms with Crippen LogP contribution < -0.4 is 4.74 Å². The Hall–Kier alpha value is -2.29. The highest BCUT2D eigenvalue weighted by Gasteiger charge is 2.03. The summed E-state index contributed by atoms with van der Waals surface area (Å²) in [6, 6.07) is 16.3. The van der Waals surface area contributed by atoms with Gasteiger partial charge in [0.1, 0.15) is 5.75 Å². The molecule has 110 valence electrons. The highest BCUT2D eigenvalue weighted by molar-refractivity contribution is 5.69. The van der Waals surface area contributed by atoms with E-state index in [1.807, 2.05) is 24.3 Å². The van der Waals surface area contributed by atoms with Crippen LogP contribution in [0.15, 0.2) is 48.5 Å². The molecule has 3 heteroatoms. The molecular formula is C18H20O3. The maximum atomic E-state index is 11.2. The average molecular weight is 284 g/mol. The van der Waals surface area contributed by atoms with Crippen molar-refractivity contribution in [3.63, 3.8) is 0 Å². The second-order valence-corrected chi connectivity index (χ2v) is 4.79. The van der Waals surface area contributed by atoms with E-state index in [2.05, 4.69) is 31.2 Å². The zero-order valence-electron chi connectivity index (χ0n) is 12.5. The predicted octanol–water partition coefficient (Wildman–Crippen LogP) is 3.99. The van der Waals surface area contributed by atoms with Crippen LogP contribution in [0.2, 0.25) is 0 Å². The molecule has 2 aromatic rings. The lowest BCUT2D eigenvalue weighted by Crippen LogP contribution is -2.09. The van der Waals surface area contributed by atoms with Crippen molar-refractivity contribution in [1.82, 2.24) is 0 Å². The lowest BCUT2D eigenvalue weighted by Gasteiger charge is -2.07. The molecule has 0 heterocycles. The van der Waals surface area contributed by atoms with E-state index in [1.54, 1.807) is 6.92 Å². The first-order valence-electron chi connectivity index (χ1n) is 7.14. The molecule has 3 nitrogen and oxygen atoms in total. The summed E-state index contributed by atoms with van der Waals surface area (Å²) in [6.07, 6.45) is 0.271. The number of rotatable bonds is 6. The molecule has 0 unspecified atom stereocenters. The van der Waals surface area contributed by atoms with Gasteiger partial charge in [-0.2, -0.15) is 0 Å². The molecule has 0 saturated carbocycles. The second-order valence-electron chi connectivity index (χ2n) is 4.79. The molecule has 0 aliphatic heterocycles. The Balaban J connectivity index is 1.90. The topological polar surface area (TPSA) is 35.5 Å². The molecule has 0 saturated heterocycles. The molecule has 0 fully saturated rings. The van der Waals surface area contributed by atoms with Crippen LogP contribution in [-0.2, 0) is 9.53 Å². The molecule has 0 aliphatic carbocycles. The van der Waals surface area contributed by atoms with E-state index in [0.717, 1.165) is 11.3 Å². The Kier molecular flexibility index (Phi) is 5.38. The number of hydrogen-bond acceptors (Lipinski definition) is 3. The van der Waals surface area contributed by atoms with Crippen LogP contribution in [0.3, 0.4) is 0 Å². The maximum Gasteiger partial charge on any atom is 0.309 e. The normalized spacial score (nSPS) is 10.2. The largest absolute Gasteiger partial charge is 0.493 e. The molecule has 2 aromatic carbocycles. The molecule has 0 spiro atoms. The number of hydrogen-bond donors (Lipinski definition) is 0. The van der Waals surface area contributed by atoms with Crippen LogP contribution in [0.25, 0.3) is 11.1 Å². The number of aryl methyl sites for hydroxylation is 1. The van der Waals surface area contributed by atoms with Crippen molar-refractivity contribution < 1.29 is 14.3 Å². The number of esters is 1. The van der Waals surface area contributed by atoms with Gasteiger partial charge in [-0.05, 0) is 37.1 Å². The summed E-state index contributed by atoms with van der Waals surface area (Å²) in [5.74, 6) is 0.531. The van der Waals surface area contributed by atoms with Crippen molar-refractivity contribution in [3.8, 4) is 16.9 Å². The molecule has 0 aromatic heterocycles. The van der Waals surface area contributed by atoms with E-state index in [1.165, 1.54) is 11.1 Å². The summed E-state index contributed by atoms with van der Waals surface area (Å²) in [7, 11) is 0.